The number of benzene rings is 2. The monoisotopic (exact) mass is 515 g/mol. The smallest absolute Gasteiger partial charge is 0.335 e. The number of amides is 2. The van der Waals surface area contributed by atoms with Crippen molar-refractivity contribution in [2.75, 3.05) is 39.3 Å². The molecule has 0 aromatic heterocycles. The number of likely N-dealkylation sites (tertiary alicyclic amines) is 1. The van der Waals surface area contributed by atoms with Gasteiger partial charge in [0, 0.05) is 55.9 Å². The van der Waals surface area contributed by atoms with Crippen LogP contribution >= 0.6 is 11.6 Å². The van der Waals surface area contributed by atoms with Gasteiger partial charge in [0.2, 0.25) is 9.84 Å². The zero-order valence-electron chi connectivity index (χ0n) is 17.8. The van der Waals surface area contributed by atoms with Crippen molar-refractivity contribution in [3.05, 3.63) is 59.1 Å². The van der Waals surface area contributed by atoms with Gasteiger partial charge in [-0.3, -0.25) is 14.5 Å². The van der Waals surface area contributed by atoms with Gasteiger partial charge in [-0.05, 0) is 42.5 Å². The molecule has 2 aromatic carbocycles. The molecule has 12 heteroatoms. The van der Waals surface area contributed by atoms with E-state index in [9.17, 15) is 31.2 Å². The van der Waals surface area contributed by atoms with Gasteiger partial charge in [0.1, 0.15) is 0 Å². The van der Waals surface area contributed by atoms with E-state index in [1.54, 1.807) is 17.0 Å². The summed E-state index contributed by atoms with van der Waals surface area (Å²) >= 11 is 5.89. The molecule has 0 bridgehead atoms. The fourth-order valence-electron chi connectivity index (χ4n) is 4.05. The topological polar surface area (TPSA) is 78.0 Å². The SMILES string of the molecule is O=C(c1ccc(S(=O)(=O)c2cccc(Cl)c2)cc1)N1CC(N2CCN(C(=O)C(F)(F)F)CC2)C1. The summed E-state index contributed by atoms with van der Waals surface area (Å²) in [5.41, 5.74) is 0.337. The number of piperazine rings is 1. The molecule has 0 N–H and O–H groups in total. The average molecular weight is 516 g/mol. The molecule has 2 fully saturated rings. The van der Waals surface area contributed by atoms with Gasteiger partial charge >= 0.3 is 12.1 Å². The van der Waals surface area contributed by atoms with Crippen molar-refractivity contribution in [1.82, 2.24) is 14.7 Å². The van der Waals surface area contributed by atoms with Crippen molar-refractivity contribution in [3.8, 4) is 0 Å². The lowest BCUT2D eigenvalue weighted by atomic mass is 10.0. The Morgan fingerprint density at radius 3 is 2.06 bits per heavy atom. The molecule has 182 valence electrons. The minimum Gasteiger partial charge on any atom is -0.335 e. The number of rotatable bonds is 4. The third kappa shape index (κ3) is 4.91. The molecule has 2 aliphatic rings. The summed E-state index contributed by atoms with van der Waals surface area (Å²) in [4.78, 5) is 28.6. The zero-order valence-corrected chi connectivity index (χ0v) is 19.4. The molecule has 2 amide bonds. The number of nitrogens with zero attached hydrogens (tertiary/aromatic N) is 3. The maximum absolute atomic E-state index is 12.8. The summed E-state index contributed by atoms with van der Waals surface area (Å²) in [6.45, 7) is 1.43. The summed E-state index contributed by atoms with van der Waals surface area (Å²) in [5, 5.41) is 0.300. The van der Waals surface area contributed by atoms with Crippen LogP contribution in [-0.2, 0) is 14.6 Å². The normalized spacial score (nSPS) is 18.0. The summed E-state index contributed by atoms with van der Waals surface area (Å²) in [6.07, 6.45) is -4.87. The third-order valence-corrected chi connectivity index (χ3v) is 8.03. The molecule has 0 unspecified atom stereocenters. The Morgan fingerprint density at radius 2 is 1.50 bits per heavy atom. The van der Waals surface area contributed by atoms with E-state index in [0.717, 1.165) is 4.90 Å². The van der Waals surface area contributed by atoms with E-state index in [0.29, 0.717) is 36.8 Å². The van der Waals surface area contributed by atoms with E-state index in [1.165, 1.54) is 36.4 Å². The summed E-state index contributed by atoms with van der Waals surface area (Å²) < 4.78 is 63.2. The van der Waals surface area contributed by atoms with Gasteiger partial charge in [-0.2, -0.15) is 13.2 Å². The minimum absolute atomic E-state index is 0.00858. The second-order valence-electron chi connectivity index (χ2n) is 8.18. The highest BCUT2D eigenvalue weighted by Gasteiger charge is 2.44. The predicted octanol–water partition coefficient (Wildman–Crippen LogP) is 2.70. The maximum atomic E-state index is 12.8. The van der Waals surface area contributed by atoms with Gasteiger partial charge in [-0.25, -0.2) is 8.42 Å². The van der Waals surface area contributed by atoms with E-state index < -0.39 is 21.9 Å². The highest BCUT2D eigenvalue weighted by atomic mass is 35.5. The summed E-state index contributed by atoms with van der Waals surface area (Å²) in [5.74, 6) is -2.08. The van der Waals surface area contributed by atoms with E-state index >= 15 is 0 Å². The number of hydrogen-bond donors (Lipinski definition) is 0. The lowest BCUT2D eigenvalue weighted by Crippen LogP contribution is -2.65. The van der Waals surface area contributed by atoms with Crippen LogP contribution in [0.5, 0.6) is 0 Å². The summed E-state index contributed by atoms with van der Waals surface area (Å²) in [7, 11) is -3.77. The van der Waals surface area contributed by atoms with Crippen LogP contribution < -0.4 is 0 Å². The molecule has 34 heavy (non-hydrogen) atoms. The van der Waals surface area contributed by atoms with Crippen LogP contribution in [0.4, 0.5) is 13.2 Å². The van der Waals surface area contributed by atoms with Gasteiger partial charge in [0.05, 0.1) is 9.79 Å². The van der Waals surface area contributed by atoms with Crippen LogP contribution in [0.2, 0.25) is 5.02 Å². The standard InChI is InChI=1S/C22H21ClF3N3O4S/c23-16-2-1-3-19(12-16)34(32,33)18-6-4-15(5-7-18)20(30)29-13-17(14-29)27-8-10-28(11-9-27)21(31)22(24,25)26/h1-7,12,17H,8-11,13-14H2. The fourth-order valence-corrected chi connectivity index (χ4v) is 5.61. The van der Waals surface area contributed by atoms with E-state index in [4.69, 9.17) is 11.6 Å². The molecule has 0 radical (unpaired) electrons. The largest absolute Gasteiger partial charge is 0.471 e. The van der Waals surface area contributed by atoms with Crippen LogP contribution in [0.1, 0.15) is 10.4 Å². The van der Waals surface area contributed by atoms with Crippen molar-refractivity contribution < 1.29 is 31.2 Å². The quantitative estimate of drug-likeness (QED) is 0.626. The number of hydrogen-bond acceptors (Lipinski definition) is 5. The van der Waals surface area contributed by atoms with Gasteiger partial charge in [0.15, 0.2) is 0 Å². The Labute approximate surface area is 199 Å². The zero-order chi connectivity index (χ0) is 24.7. The predicted molar refractivity (Wildman–Crippen MR) is 117 cm³/mol. The first-order valence-corrected chi connectivity index (χ1v) is 12.3. The van der Waals surface area contributed by atoms with Gasteiger partial charge in [0.25, 0.3) is 5.91 Å². The van der Waals surface area contributed by atoms with Crippen molar-refractivity contribution in [3.63, 3.8) is 0 Å². The number of carbonyl (C=O) groups excluding carboxylic acids is 2. The molecular weight excluding hydrogens is 495 g/mol. The van der Waals surface area contributed by atoms with E-state index in [-0.39, 0.29) is 34.8 Å². The third-order valence-electron chi connectivity index (χ3n) is 6.03. The fraction of sp³-hybridized carbons (Fsp3) is 0.364. The molecule has 7 nitrogen and oxygen atoms in total. The number of carbonyl (C=O) groups is 2. The van der Waals surface area contributed by atoms with Crippen molar-refractivity contribution >= 4 is 33.3 Å². The first-order valence-electron chi connectivity index (χ1n) is 10.5. The Hall–Kier alpha value is -2.63. The van der Waals surface area contributed by atoms with Gasteiger partial charge in [-0.15, -0.1) is 0 Å². The maximum Gasteiger partial charge on any atom is 0.471 e. The highest BCUT2D eigenvalue weighted by Crippen LogP contribution is 2.26. The Kier molecular flexibility index (Phi) is 6.63. The second-order valence-corrected chi connectivity index (χ2v) is 10.6. The molecule has 2 saturated heterocycles. The molecule has 2 aliphatic heterocycles. The average Bonchev–Trinajstić information content (AvgIpc) is 2.77. The van der Waals surface area contributed by atoms with Crippen LogP contribution in [0, 0.1) is 0 Å². The minimum atomic E-state index is -4.87. The van der Waals surface area contributed by atoms with E-state index in [2.05, 4.69) is 0 Å². The molecule has 4 rings (SSSR count). The number of alkyl halides is 3. The van der Waals surface area contributed by atoms with Crippen LogP contribution in [0.25, 0.3) is 0 Å². The Balaban J connectivity index is 1.32. The van der Waals surface area contributed by atoms with Crippen molar-refractivity contribution in [2.45, 2.75) is 22.0 Å². The van der Waals surface area contributed by atoms with Crippen molar-refractivity contribution in [2.24, 2.45) is 0 Å². The lowest BCUT2D eigenvalue weighted by Gasteiger charge is -2.48. The van der Waals surface area contributed by atoms with Crippen LogP contribution in [0.3, 0.4) is 0 Å². The molecule has 0 aliphatic carbocycles. The highest BCUT2D eigenvalue weighted by molar-refractivity contribution is 7.91. The first kappa shape index (κ1) is 24.5. The molecule has 2 heterocycles. The lowest BCUT2D eigenvalue weighted by molar-refractivity contribution is -0.187. The van der Waals surface area contributed by atoms with Gasteiger partial charge < -0.3 is 9.80 Å². The Bertz CT molecular complexity index is 1190. The summed E-state index contributed by atoms with van der Waals surface area (Å²) in [6, 6.07) is 11.6. The molecule has 0 spiro atoms. The molecule has 2 aromatic rings. The second kappa shape index (κ2) is 9.20. The van der Waals surface area contributed by atoms with E-state index in [1.807, 2.05) is 4.90 Å². The van der Waals surface area contributed by atoms with Crippen molar-refractivity contribution in [1.29, 1.82) is 0 Å². The molecular formula is C22H21ClF3N3O4S. The number of halogens is 4. The molecule has 0 atom stereocenters. The molecule has 0 saturated carbocycles. The van der Waals surface area contributed by atoms with Crippen LogP contribution in [-0.4, -0.2) is 86.4 Å². The van der Waals surface area contributed by atoms with Crippen LogP contribution in [0.15, 0.2) is 58.3 Å². The Morgan fingerprint density at radius 1 is 0.882 bits per heavy atom. The van der Waals surface area contributed by atoms with Gasteiger partial charge in [-0.1, -0.05) is 17.7 Å². The first-order chi connectivity index (χ1) is 16.0. The number of sulfone groups is 1.